The van der Waals surface area contributed by atoms with Crippen LogP contribution in [0.1, 0.15) is 5.56 Å². The van der Waals surface area contributed by atoms with Crippen LogP contribution in [0.15, 0.2) is 70.2 Å². The Morgan fingerprint density at radius 2 is 1.81 bits per heavy atom. The molecule has 2 aromatic heterocycles. The van der Waals surface area contributed by atoms with Gasteiger partial charge >= 0.3 is 0 Å². The van der Waals surface area contributed by atoms with Gasteiger partial charge in [-0.3, -0.25) is 4.72 Å². The normalized spacial score (nSPS) is 11.6. The zero-order chi connectivity index (χ0) is 19.0. The molecule has 0 radical (unpaired) electrons. The molecule has 0 aliphatic heterocycles. The lowest BCUT2D eigenvalue weighted by Gasteiger charge is -2.13. The average Bonchev–Trinajstić information content (AvgIpc) is 3.07. The molecule has 2 aromatic carbocycles. The minimum Gasteiger partial charge on any atom is -0.279 e. The topological polar surface area (TPSA) is 72.0 Å². The monoisotopic (exact) mass is 459 g/mol. The number of nitrogens with zero attached hydrogens (tertiary/aromatic N) is 2. The van der Waals surface area contributed by atoms with E-state index >= 15 is 0 Å². The molecule has 27 heavy (non-hydrogen) atoms. The van der Waals surface area contributed by atoms with Crippen LogP contribution < -0.4 is 4.72 Å². The molecule has 0 aliphatic rings. The minimum absolute atomic E-state index is 0.208. The van der Waals surface area contributed by atoms with E-state index < -0.39 is 10.0 Å². The number of benzene rings is 2. The second-order valence-electron chi connectivity index (χ2n) is 5.88. The van der Waals surface area contributed by atoms with E-state index in [2.05, 4.69) is 30.6 Å². The Balaban J connectivity index is 1.72. The number of halogens is 1. The summed E-state index contributed by atoms with van der Waals surface area (Å²) >= 11 is 4.80. The fourth-order valence-corrected chi connectivity index (χ4v) is 5.06. The number of fused-ring (bicyclic) bond motifs is 1. The predicted octanol–water partition coefficient (Wildman–Crippen LogP) is 5.23. The third-order valence-electron chi connectivity index (χ3n) is 4.10. The summed E-state index contributed by atoms with van der Waals surface area (Å²) in [4.78, 5) is 10.0. The van der Waals surface area contributed by atoms with Gasteiger partial charge < -0.3 is 0 Å². The fourth-order valence-electron chi connectivity index (χ4n) is 2.68. The molecule has 5 nitrogen and oxygen atoms in total. The maximum atomic E-state index is 12.7. The highest BCUT2D eigenvalue weighted by Crippen LogP contribution is 2.34. The van der Waals surface area contributed by atoms with Crippen LogP contribution in [0.4, 0.5) is 5.69 Å². The number of pyridine rings is 1. The number of thiazole rings is 1. The largest absolute Gasteiger partial charge is 0.279 e. The highest BCUT2D eigenvalue weighted by atomic mass is 79.9. The van der Waals surface area contributed by atoms with Crippen molar-refractivity contribution < 1.29 is 8.42 Å². The van der Waals surface area contributed by atoms with Gasteiger partial charge in [-0.15, -0.1) is 0 Å². The van der Waals surface area contributed by atoms with Crippen molar-refractivity contribution in [1.82, 2.24) is 9.97 Å². The van der Waals surface area contributed by atoms with Crippen molar-refractivity contribution in [3.8, 4) is 10.6 Å². The zero-order valence-electron chi connectivity index (χ0n) is 14.2. The minimum atomic E-state index is -3.68. The first kappa shape index (κ1) is 18.1. The molecule has 0 fully saturated rings. The van der Waals surface area contributed by atoms with Crippen LogP contribution in [0.2, 0.25) is 0 Å². The van der Waals surface area contributed by atoms with Gasteiger partial charge in [-0.05, 0) is 55.0 Å². The molecule has 0 atom stereocenters. The summed E-state index contributed by atoms with van der Waals surface area (Å²) in [5.74, 6) is 0. The highest BCUT2D eigenvalue weighted by Gasteiger charge is 2.17. The lowest BCUT2D eigenvalue weighted by atomic mass is 10.1. The van der Waals surface area contributed by atoms with Gasteiger partial charge in [-0.25, -0.2) is 18.4 Å². The second kappa shape index (κ2) is 7.03. The number of sulfonamides is 1. The lowest BCUT2D eigenvalue weighted by Crippen LogP contribution is -2.13. The maximum Gasteiger partial charge on any atom is 0.261 e. The highest BCUT2D eigenvalue weighted by molar-refractivity contribution is 9.10. The van der Waals surface area contributed by atoms with E-state index in [4.69, 9.17) is 0 Å². The van der Waals surface area contributed by atoms with Crippen LogP contribution in [0.3, 0.4) is 0 Å². The molecular formula is C19H14BrN3O2S2. The summed E-state index contributed by atoms with van der Waals surface area (Å²) in [6.07, 6.45) is 1.74. The number of hydrogen-bond acceptors (Lipinski definition) is 5. The van der Waals surface area contributed by atoms with E-state index in [0.717, 1.165) is 31.0 Å². The molecule has 8 heteroatoms. The van der Waals surface area contributed by atoms with Gasteiger partial charge in [-0.2, -0.15) is 0 Å². The third-order valence-corrected chi connectivity index (χ3v) is 7.02. The summed E-state index contributed by atoms with van der Waals surface area (Å²) in [5, 5.41) is 0.811. The standard InChI is InChI=1S/C19H14BrN3O2S2/c1-12-15(18-22-17-6-3-11-21-19(17)26-18)4-2-5-16(12)23-27(24,25)14-9-7-13(20)8-10-14/h2-11,23H,1H3. The van der Waals surface area contributed by atoms with E-state index in [-0.39, 0.29) is 4.90 Å². The van der Waals surface area contributed by atoms with Gasteiger partial charge in [0.25, 0.3) is 10.0 Å². The smallest absolute Gasteiger partial charge is 0.261 e. The summed E-state index contributed by atoms with van der Waals surface area (Å²) in [6, 6.07) is 15.8. The zero-order valence-corrected chi connectivity index (χ0v) is 17.4. The maximum absolute atomic E-state index is 12.7. The number of rotatable bonds is 4. The number of hydrogen-bond donors (Lipinski definition) is 1. The molecule has 0 saturated heterocycles. The van der Waals surface area contributed by atoms with Crippen molar-refractivity contribution in [3.63, 3.8) is 0 Å². The number of aromatic nitrogens is 2. The van der Waals surface area contributed by atoms with E-state index in [0.29, 0.717) is 5.69 Å². The van der Waals surface area contributed by atoms with Crippen LogP contribution in [0.5, 0.6) is 0 Å². The van der Waals surface area contributed by atoms with Crippen LogP contribution in [0.25, 0.3) is 20.9 Å². The van der Waals surface area contributed by atoms with E-state index in [1.165, 1.54) is 11.3 Å². The first-order valence-electron chi connectivity index (χ1n) is 8.04. The molecule has 4 rings (SSSR count). The van der Waals surface area contributed by atoms with Crippen molar-refractivity contribution in [2.24, 2.45) is 0 Å². The fraction of sp³-hybridized carbons (Fsp3) is 0.0526. The molecule has 0 bridgehead atoms. The second-order valence-corrected chi connectivity index (χ2v) is 9.46. The van der Waals surface area contributed by atoms with Gasteiger partial charge in [-0.1, -0.05) is 39.4 Å². The molecule has 0 aliphatic carbocycles. The third kappa shape index (κ3) is 3.60. The van der Waals surface area contributed by atoms with E-state index in [1.807, 2.05) is 31.2 Å². The molecule has 0 unspecified atom stereocenters. The molecule has 136 valence electrons. The van der Waals surface area contributed by atoms with Gasteiger partial charge in [0.2, 0.25) is 0 Å². The predicted molar refractivity (Wildman–Crippen MR) is 113 cm³/mol. The molecule has 4 aromatic rings. The quantitative estimate of drug-likeness (QED) is 0.453. The molecule has 0 spiro atoms. The Labute approximate surface area is 169 Å². The van der Waals surface area contributed by atoms with Gasteiger partial charge in [0.05, 0.1) is 10.6 Å². The van der Waals surface area contributed by atoms with Gasteiger partial charge in [0.1, 0.15) is 15.4 Å². The van der Waals surface area contributed by atoms with E-state index in [9.17, 15) is 8.42 Å². The SMILES string of the molecule is Cc1c(NS(=O)(=O)c2ccc(Br)cc2)cccc1-c1nc2cccnc2s1. The molecule has 1 N–H and O–H groups in total. The average molecular weight is 460 g/mol. The Morgan fingerprint density at radius 3 is 2.56 bits per heavy atom. The van der Waals surface area contributed by atoms with Crippen LogP contribution >= 0.6 is 27.3 Å². The Hall–Kier alpha value is -2.29. The molecular weight excluding hydrogens is 446 g/mol. The Kier molecular flexibility index (Phi) is 4.71. The first-order valence-corrected chi connectivity index (χ1v) is 11.1. The number of anilines is 1. The molecule has 0 amide bonds. The van der Waals surface area contributed by atoms with Crippen molar-refractivity contribution in [2.75, 3.05) is 4.72 Å². The van der Waals surface area contributed by atoms with Crippen LogP contribution in [-0.2, 0) is 10.0 Å². The summed E-state index contributed by atoms with van der Waals surface area (Å²) in [5.41, 5.74) is 3.06. The Bertz CT molecular complexity index is 1200. The van der Waals surface area contributed by atoms with Gasteiger partial charge in [0.15, 0.2) is 0 Å². The van der Waals surface area contributed by atoms with Crippen LogP contribution in [-0.4, -0.2) is 18.4 Å². The first-order chi connectivity index (χ1) is 12.9. The van der Waals surface area contributed by atoms with Gasteiger partial charge in [0, 0.05) is 16.2 Å². The lowest BCUT2D eigenvalue weighted by molar-refractivity contribution is 0.601. The molecule has 0 saturated carbocycles. The summed E-state index contributed by atoms with van der Waals surface area (Å²) < 4.78 is 28.9. The summed E-state index contributed by atoms with van der Waals surface area (Å²) in [6.45, 7) is 1.88. The van der Waals surface area contributed by atoms with Crippen LogP contribution in [0, 0.1) is 6.92 Å². The van der Waals surface area contributed by atoms with Crippen molar-refractivity contribution in [3.05, 3.63) is 70.8 Å². The summed E-state index contributed by atoms with van der Waals surface area (Å²) in [7, 11) is -3.68. The Morgan fingerprint density at radius 1 is 1.04 bits per heavy atom. The number of nitrogens with one attached hydrogen (secondary N) is 1. The molecule has 2 heterocycles. The van der Waals surface area contributed by atoms with Crippen molar-refractivity contribution >= 4 is 53.3 Å². The van der Waals surface area contributed by atoms with Crippen molar-refractivity contribution in [2.45, 2.75) is 11.8 Å². The van der Waals surface area contributed by atoms with E-state index in [1.54, 1.807) is 36.5 Å². The van der Waals surface area contributed by atoms with Crippen molar-refractivity contribution in [1.29, 1.82) is 0 Å².